The highest BCUT2D eigenvalue weighted by atomic mass is 35.5. The zero-order valence-electron chi connectivity index (χ0n) is 16.7. The zero-order valence-corrected chi connectivity index (χ0v) is 17.4. The highest BCUT2D eigenvalue weighted by molar-refractivity contribution is 6.30. The Balaban J connectivity index is 1.67. The van der Waals surface area contributed by atoms with Crippen LogP contribution in [-0.2, 0) is 0 Å². The molecule has 148 valence electrons. The molecule has 1 aliphatic carbocycles. The molecule has 0 fully saturated rings. The fourth-order valence-electron chi connectivity index (χ4n) is 4.07. The maximum Gasteiger partial charge on any atom is 0.252 e. The van der Waals surface area contributed by atoms with E-state index >= 15 is 0 Å². The number of halogens is 1. The van der Waals surface area contributed by atoms with Gasteiger partial charge in [0.1, 0.15) is 0 Å². The molecule has 1 aliphatic rings. The highest BCUT2D eigenvalue weighted by Crippen LogP contribution is 2.31. The van der Waals surface area contributed by atoms with E-state index in [-0.39, 0.29) is 5.91 Å². The first kappa shape index (κ1) is 19.7. The minimum atomic E-state index is -0.0409. The van der Waals surface area contributed by atoms with Gasteiger partial charge < -0.3 is 5.32 Å². The van der Waals surface area contributed by atoms with Crippen molar-refractivity contribution in [1.82, 2.24) is 10.3 Å². The van der Waals surface area contributed by atoms with Crippen molar-refractivity contribution in [3.05, 3.63) is 76.3 Å². The van der Waals surface area contributed by atoms with E-state index in [4.69, 9.17) is 16.6 Å². The molecular weight excluding hydrogens is 380 g/mol. The molecule has 0 aliphatic heterocycles. The van der Waals surface area contributed by atoms with E-state index in [9.17, 15) is 4.79 Å². The smallest absolute Gasteiger partial charge is 0.252 e. The van der Waals surface area contributed by atoms with E-state index in [0.29, 0.717) is 17.1 Å². The number of hydrogen-bond acceptors (Lipinski definition) is 2. The highest BCUT2D eigenvalue weighted by Gasteiger charge is 2.19. The fourth-order valence-corrected chi connectivity index (χ4v) is 4.26. The molecule has 2 aromatic carbocycles. The summed E-state index contributed by atoms with van der Waals surface area (Å²) in [7, 11) is 0. The minimum Gasteiger partial charge on any atom is -0.352 e. The van der Waals surface area contributed by atoms with Crippen LogP contribution in [0.1, 0.15) is 48.0 Å². The number of aromatic nitrogens is 1. The zero-order chi connectivity index (χ0) is 20.2. The van der Waals surface area contributed by atoms with E-state index in [1.807, 2.05) is 55.5 Å². The first-order valence-electron chi connectivity index (χ1n) is 10.2. The van der Waals surface area contributed by atoms with Crippen LogP contribution in [0.5, 0.6) is 0 Å². The standard InChI is InChI=1S/C25H25ClN2O/c1-17-23(25(29)27-15-14-18-8-3-2-4-9-18)21-12-5-6-13-22(21)28-24(17)19-10-7-11-20(26)16-19/h5-8,10-13,16H,2-4,9,14-15H2,1H3,(H,27,29). The number of fused-ring (bicyclic) bond motifs is 1. The summed E-state index contributed by atoms with van der Waals surface area (Å²) in [5.41, 5.74) is 5.57. The molecule has 3 aromatic rings. The van der Waals surface area contributed by atoms with Gasteiger partial charge in [-0.3, -0.25) is 4.79 Å². The summed E-state index contributed by atoms with van der Waals surface area (Å²) in [5, 5.41) is 4.67. The van der Waals surface area contributed by atoms with Gasteiger partial charge in [-0.25, -0.2) is 4.98 Å². The SMILES string of the molecule is Cc1c(-c2cccc(Cl)c2)nc2ccccc2c1C(=O)NCCC1=CCCCC1. The molecule has 1 heterocycles. The molecule has 4 heteroatoms. The lowest BCUT2D eigenvalue weighted by Gasteiger charge is -2.16. The number of allylic oxidation sites excluding steroid dienone is 1. The Morgan fingerprint density at radius 1 is 1.14 bits per heavy atom. The van der Waals surface area contributed by atoms with Gasteiger partial charge in [-0.15, -0.1) is 0 Å². The average Bonchev–Trinajstić information content (AvgIpc) is 2.74. The summed E-state index contributed by atoms with van der Waals surface area (Å²) in [6.07, 6.45) is 8.13. The second-order valence-electron chi connectivity index (χ2n) is 7.60. The summed E-state index contributed by atoms with van der Waals surface area (Å²) in [4.78, 5) is 18.0. The molecule has 1 aromatic heterocycles. The van der Waals surface area contributed by atoms with Crippen molar-refractivity contribution in [1.29, 1.82) is 0 Å². The number of para-hydroxylation sites is 1. The summed E-state index contributed by atoms with van der Waals surface area (Å²) in [6, 6.07) is 15.4. The second kappa shape index (κ2) is 8.79. The van der Waals surface area contributed by atoms with Crippen LogP contribution in [0.4, 0.5) is 0 Å². The first-order chi connectivity index (χ1) is 14.1. The normalized spacial score (nSPS) is 13.9. The summed E-state index contributed by atoms with van der Waals surface area (Å²) < 4.78 is 0. The molecule has 0 saturated heterocycles. The third-order valence-electron chi connectivity index (χ3n) is 5.58. The van der Waals surface area contributed by atoms with Gasteiger partial charge in [-0.1, -0.05) is 53.6 Å². The van der Waals surface area contributed by atoms with Crippen LogP contribution in [0.15, 0.2) is 60.2 Å². The van der Waals surface area contributed by atoms with Crippen molar-refractivity contribution in [2.45, 2.75) is 39.0 Å². The van der Waals surface area contributed by atoms with E-state index in [1.54, 1.807) is 0 Å². The monoisotopic (exact) mass is 404 g/mol. The van der Waals surface area contributed by atoms with Gasteiger partial charge in [-0.05, 0) is 62.8 Å². The molecule has 3 nitrogen and oxygen atoms in total. The maximum atomic E-state index is 13.2. The Morgan fingerprint density at radius 2 is 2.00 bits per heavy atom. The van der Waals surface area contributed by atoms with Crippen LogP contribution in [-0.4, -0.2) is 17.4 Å². The topological polar surface area (TPSA) is 42.0 Å². The molecule has 29 heavy (non-hydrogen) atoms. The molecule has 0 bridgehead atoms. The van der Waals surface area contributed by atoms with Crippen LogP contribution in [0.2, 0.25) is 5.02 Å². The third kappa shape index (κ3) is 4.35. The van der Waals surface area contributed by atoms with Gasteiger partial charge in [0.25, 0.3) is 5.91 Å². The van der Waals surface area contributed by atoms with Crippen molar-refractivity contribution in [2.75, 3.05) is 6.54 Å². The van der Waals surface area contributed by atoms with E-state index in [0.717, 1.165) is 40.6 Å². The molecule has 0 radical (unpaired) electrons. The van der Waals surface area contributed by atoms with E-state index < -0.39 is 0 Å². The van der Waals surface area contributed by atoms with Gasteiger partial charge in [0.05, 0.1) is 16.8 Å². The van der Waals surface area contributed by atoms with Crippen molar-refractivity contribution < 1.29 is 4.79 Å². The van der Waals surface area contributed by atoms with Crippen molar-refractivity contribution in [2.24, 2.45) is 0 Å². The Bertz CT molecular complexity index is 1090. The Morgan fingerprint density at radius 3 is 2.79 bits per heavy atom. The van der Waals surface area contributed by atoms with Crippen LogP contribution in [0.3, 0.4) is 0 Å². The molecule has 1 amide bonds. The minimum absolute atomic E-state index is 0.0409. The number of amides is 1. The van der Waals surface area contributed by atoms with Crippen LogP contribution >= 0.6 is 11.6 Å². The summed E-state index contributed by atoms with van der Waals surface area (Å²) in [6.45, 7) is 2.63. The third-order valence-corrected chi connectivity index (χ3v) is 5.81. The summed E-state index contributed by atoms with van der Waals surface area (Å²) >= 11 is 6.20. The second-order valence-corrected chi connectivity index (χ2v) is 8.04. The lowest BCUT2D eigenvalue weighted by Crippen LogP contribution is -2.26. The predicted molar refractivity (Wildman–Crippen MR) is 120 cm³/mol. The van der Waals surface area contributed by atoms with Crippen LogP contribution < -0.4 is 5.32 Å². The molecule has 0 atom stereocenters. The van der Waals surface area contributed by atoms with Crippen molar-refractivity contribution in [3.8, 4) is 11.3 Å². The number of carbonyl (C=O) groups is 1. The number of benzene rings is 2. The first-order valence-corrected chi connectivity index (χ1v) is 10.6. The fraction of sp³-hybridized carbons (Fsp3) is 0.280. The van der Waals surface area contributed by atoms with Crippen LogP contribution in [0.25, 0.3) is 22.2 Å². The number of rotatable bonds is 5. The number of nitrogens with one attached hydrogen (secondary N) is 1. The van der Waals surface area contributed by atoms with Gasteiger partial charge >= 0.3 is 0 Å². The quantitative estimate of drug-likeness (QED) is 0.494. The predicted octanol–water partition coefficient (Wildman–Crippen LogP) is 6.48. The molecule has 0 saturated carbocycles. The largest absolute Gasteiger partial charge is 0.352 e. The van der Waals surface area contributed by atoms with E-state index in [2.05, 4.69) is 11.4 Å². The van der Waals surface area contributed by atoms with Gasteiger partial charge in [0, 0.05) is 22.5 Å². The number of nitrogens with zero attached hydrogens (tertiary/aromatic N) is 1. The molecule has 4 rings (SSSR count). The van der Waals surface area contributed by atoms with Gasteiger partial charge in [-0.2, -0.15) is 0 Å². The molecular formula is C25H25ClN2O. The van der Waals surface area contributed by atoms with Gasteiger partial charge in [0.2, 0.25) is 0 Å². The Hall–Kier alpha value is -2.65. The maximum absolute atomic E-state index is 13.2. The summed E-state index contributed by atoms with van der Waals surface area (Å²) in [5.74, 6) is -0.0409. The Labute approximate surface area is 176 Å². The van der Waals surface area contributed by atoms with Crippen molar-refractivity contribution >= 4 is 28.4 Å². The van der Waals surface area contributed by atoms with Gasteiger partial charge in [0.15, 0.2) is 0 Å². The lowest BCUT2D eigenvalue weighted by molar-refractivity contribution is 0.0955. The Kier molecular flexibility index (Phi) is 5.96. The molecule has 1 N–H and O–H groups in total. The molecule has 0 unspecified atom stereocenters. The van der Waals surface area contributed by atoms with Crippen LogP contribution in [0, 0.1) is 6.92 Å². The molecule has 0 spiro atoms. The number of hydrogen-bond donors (Lipinski definition) is 1. The number of carbonyl (C=O) groups excluding carboxylic acids is 1. The van der Waals surface area contributed by atoms with E-state index in [1.165, 1.54) is 24.8 Å². The number of pyridine rings is 1. The van der Waals surface area contributed by atoms with Crippen molar-refractivity contribution in [3.63, 3.8) is 0 Å². The lowest BCUT2D eigenvalue weighted by atomic mass is 9.96. The average molecular weight is 405 g/mol.